The van der Waals surface area contributed by atoms with Gasteiger partial charge in [-0.1, -0.05) is 0 Å². The lowest BCUT2D eigenvalue weighted by Gasteiger charge is -2.32. The molecule has 1 saturated heterocycles. The first kappa shape index (κ1) is 21.7. The molecule has 150 valence electrons. The minimum absolute atomic E-state index is 0. The fourth-order valence-corrected chi connectivity index (χ4v) is 5.57. The van der Waals surface area contributed by atoms with Crippen LogP contribution in [0.2, 0.25) is 0 Å². The lowest BCUT2D eigenvalue weighted by molar-refractivity contribution is 0.0673. The number of amides is 2. The van der Waals surface area contributed by atoms with Gasteiger partial charge in [-0.2, -0.15) is 0 Å². The highest BCUT2D eigenvalue weighted by Gasteiger charge is 2.43. The van der Waals surface area contributed by atoms with Crippen LogP contribution < -0.4 is 5.32 Å². The molecule has 2 aliphatic heterocycles. The molecule has 2 heterocycles. The fraction of sp³-hybridized carbons (Fsp3) is 0.556. The Balaban J connectivity index is 0.00000261. The molecule has 1 fully saturated rings. The van der Waals surface area contributed by atoms with Crippen molar-refractivity contribution in [2.75, 3.05) is 26.7 Å². The summed E-state index contributed by atoms with van der Waals surface area (Å²) in [7, 11) is -2.01. The van der Waals surface area contributed by atoms with Crippen molar-refractivity contribution in [3.05, 3.63) is 29.3 Å². The van der Waals surface area contributed by atoms with E-state index in [4.69, 9.17) is 0 Å². The summed E-state index contributed by atoms with van der Waals surface area (Å²) >= 11 is 0. The SMILES string of the molecule is CNCC1CCCN(C(=O)c2ccc3c(c2)S(=O)(=O)N(C(C)C)C3=O)C1.Cl. The van der Waals surface area contributed by atoms with E-state index in [0.717, 1.165) is 23.7 Å². The molecule has 27 heavy (non-hydrogen) atoms. The number of carbonyl (C=O) groups is 2. The van der Waals surface area contributed by atoms with Crippen molar-refractivity contribution in [2.24, 2.45) is 5.92 Å². The molecule has 1 unspecified atom stereocenters. The molecule has 0 aromatic heterocycles. The minimum Gasteiger partial charge on any atom is -0.338 e. The molecular weight excluding hydrogens is 390 g/mol. The van der Waals surface area contributed by atoms with Crippen molar-refractivity contribution in [1.29, 1.82) is 0 Å². The molecule has 2 amide bonds. The average Bonchev–Trinajstić information content (AvgIpc) is 2.80. The van der Waals surface area contributed by atoms with Crippen LogP contribution in [0.15, 0.2) is 23.1 Å². The van der Waals surface area contributed by atoms with Crippen molar-refractivity contribution < 1.29 is 18.0 Å². The lowest BCUT2D eigenvalue weighted by atomic mass is 9.97. The van der Waals surface area contributed by atoms with E-state index in [1.165, 1.54) is 12.1 Å². The first-order valence-corrected chi connectivity index (χ1v) is 10.4. The highest BCUT2D eigenvalue weighted by atomic mass is 35.5. The number of nitrogens with one attached hydrogen (secondary N) is 1. The fourth-order valence-electron chi connectivity index (χ4n) is 3.78. The molecule has 2 aliphatic rings. The lowest BCUT2D eigenvalue weighted by Crippen LogP contribution is -2.42. The summed E-state index contributed by atoms with van der Waals surface area (Å²) in [6.45, 7) is 5.48. The molecule has 3 rings (SSSR count). The number of piperidine rings is 1. The summed E-state index contributed by atoms with van der Waals surface area (Å²) < 4.78 is 26.3. The van der Waals surface area contributed by atoms with E-state index >= 15 is 0 Å². The van der Waals surface area contributed by atoms with Gasteiger partial charge < -0.3 is 10.2 Å². The molecule has 0 bridgehead atoms. The molecule has 1 atom stereocenters. The second-order valence-electron chi connectivity index (χ2n) is 7.23. The zero-order valence-corrected chi connectivity index (χ0v) is 17.4. The van der Waals surface area contributed by atoms with E-state index in [2.05, 4.69) is 5.32 Å². The standard InChI is InChI=1S/C18H25N3O4S.ClH/c1-12(2)21-18(23)15-7-6-14(9-16(15)26(21,24)25)17(22)20-8-4-5-13(11-20)10-19-3;/h6-7,9,12-13,19H,4-5,8,10-11H2,1-3H3;1H. The molecule has 0 aliphatic carbocycles. The molecular formula is C18H26ClN3O4S. The van der Waals surface area contributed by atoms with Crippen molar-refractivity contribution in [3.8, 4) is 0 Å². The average molecular weight is 416 g/mol. The van der Waals surface area contributed by atoms with Gasteiger partial charge in [-0.15, -0.1) is 12.4 Å². The van der Waals surface area contributed by atoms with Gasteiger partial charge in [0.05, 0.1) is 5.56 Å². The van der Waals surface area contributed by atoms with Gasteiger partial charge in [0.25, 0.3) is 21.8 Å². The highest BCUT2D eigenvalue weighted by molar-refractivity contribution is 7.90. The van der Waals surface area contributed by atoms with Crippen molar-refractivity contribution >= 4 is 34.2 Å². The topological polar surface area (TPSA) is 86.8 Å². The quantitative estimate of drug-likeness (QED) is 0.809. The van der Waals surface area contributed by atoms with Crippen LogP contribution in [0.25, 0.3) is 0 Å². The number of hydrogen-bond acceptors (Lipinski definition) is 5. The van der Waals surface area contributed by atoms with Crippen LogP contribution in [0.1, 0.15) is 47.4 Å². The molecule has 0 saturated carbocycles. The van der Waals surface area contributed by atoms with Gasteiger partial charge in [-0.25, -0.2) is 12.7 Å². The van der Waals surface area contributed by atoms with Crippen LogP contribution in [-0.2, 0) is 10.0 Å². The Labute approximate surface area is 166 Å². The van der Waals surface area contributed by atoms with Crippen LogP contribution in [0, 0.1) is 5.92 Å². The summed E-state index contributed by atoms with van der Waals surface area (Å²) in [5.41, 5.74) is 0.456. The second-order valence-corrected chi connectivity index (χ2v) is 9.01. The molecule has 0 spiro atoms. The third-order valence-electron chi connectivity index (χ3n) is 4.96. The number of fused-ring (bicyclic) bond motifs is 1. The number of sulfonamides is 1. The Bertz CT molecular complexity index is 839. The minimum atomic E-state index is -3.90. The summed E-state index contributed by atoms with van der Waals surface area (Å²) in [5.74, 6) is -0.311. The van der Waals surface area contributed by atoms with Crippen LogP contribution in [0.5, 0.6) is 0 Å². The van der Waals surface area contributed by atoms with E-state index in [1.54, 1.807) is 24.8 Å². The number of carbonyl (C=O) groups excluding carboxylic acids is 2. The normalized spacial score (nSPS) is 21.2. The molecule has 7 nitrogen and oxygen atoms in total. The Morgan fingerprint density at radius 2 is 2.04 bits per heavy atom. The highest BCUT2D eigenvalue weighted by Crippen LogP contribution is 2.33. The van der Waals surface area contributed by atoms with Gasteiger partial charge in [0.1, 0.15) is 4.90 Å². The maximum Gasteiger partial charge on any atom is 0.269 e. The van der Waals surface area contributed by atoms with Gasteiger partial charge in [0.15, 0.2) is 0 Å². The Hall–Kier alpha value is -1.64. The molecule has 0 radical (unpaired) electrons. The largest absolute Gasteiger partial charge is 0.338 e. The van der Waals surface area contributed by atoms with Crippen LogP contribution in [0.4, 0.5) is 0 Å². The number of halogens is 1. The predicted molar refractivity (Wildman–Crippen MR) is 105 cm³/mol. The number of benzene rings is 1. The van der Waals surface area contributed by atoms with Gasteiger partial charge >= 0.3 is 0 Å². The maximum atomic E-state index is 12.9. The van der Waals surface area contributed by atoms with Crippen LogP contribution in [-0.4, -0.2) is 62.2 Å². The predicted octanol–water partition coefficient (Wildman–Crippen LogP) is 1.73. The summed E-state index contributed by atoms with van der Waals surface area (Å²) in [6, 6.07) is 3.90. The maximum absolute atomic E-state index is 12.9. The number of likely N-dealkylation sites (tertiary alicyclic amines) is 1. The molecule has 9 heteroatoms. The van der Waals surface area contributed by atoms with Gasteiger partial charge in [0, 0.05) is 24.7 Å². The van der Waals surface area contributed by atoms with E-state index in [0.29, 0.717) is 24.6 Å². The Morgan fingerprint density at radius 1 is 1.33 bits per heavy atom. The zero-order chi connectivity index (χ0) is 19.1. The monoisotopic (exact) mass is 415 g/mol. The number of rotatable bonds is 4. The van der Waals surface area contributed by atoms with E-state index < -0.39 is 22.0 Å². The summed E-state index contributed by atoms with van der Waals surface area (Å²) in [6.07, 6.45) is 2.00. The third kappa shape index (κ3) is 3.83. The van der Waals surface area contributed by atoms with Crippen molar-refractivity contribution in [3.63, 3.8) is 0 Å². The first-order valence-electron chi connectivity index (χ1n) is 8.94. The summed E-state index contributed by atoms with van der Waals surface area (Å²) in [4.78, 5) is 27.0. The van der Waals surface area contributed by atoms with Crippen LogP contribution in [0.3, 0.4) is 0 Å². The Kier molecular flexibility index (Phi) is 6.55. The first-order chi connectivity index (χ1) is 12.3. The van der Waals surface area contributed by atoms with E-state index in [1.807, 2.05) is 7.05 Å². The van der Waals surface area contributed by atoms with Gasteiger partial charge in [0.2, 0.25) is 0 Å². The molecule has 1 aromatic carbocycles. The van der Waals surface area contributed by atoms with Gasteiger partial charge in [-0.05, 0) is 64.4 Å². The van der Waals surface area contributed by atoms with Crippen molar-refractivity contribution in [2.45, 2.75) is 37.6 Å². The molecule has 1 aromatic rings. The second kappa shape index (κ2) is 8.16. The van der Waals surface area contributed by atoms with E-state index in [-0.39, 0.29) is 28.8 Å². The number of hydrogen-bond donors (Lipinski definition) is 1. The third-order valence-corrected chi connectivity index (χ3v) is 6.96. The molecule has 1 N–H and O–H groups in total. The van der Waals surface area contributed by atoms with Crippen LogP contribution >= 0.6 is 12.4 Å². The zero-order valence-electron chi connectivity index (χ0n) is 15.8. The summed E-state index contributed by atoms with van der Waals surface area (Å²) in [5, 5.41) is 3.14. The van der Waals surface area contributed by atoms with Gasteiger partial charge in [-0.3, -0.25) is 9.59 Å². The van der Waals surface area contributed by atoms with E-state index in [9.17, 15) is 18.0 Å². The smallest absolute Gasteiger partial charge is 0.269 e. The Morgan fingerprint density at radius 3 is 2.67 bits per heavy atom. The van der Waals surface area contributed by atoms with Crippen molar-refractivity contribution in [1.82, 2.24) is 14.5 Å². The number of nitrogens with zero attached hydrogens (tertiary/aromatic N) is 2.